The molecule has 1 N–H and O–H groups in total. The molecule has 26 heavy (non-hydrogen) atoms. The smallest absolute Gasteiger partial charge is 0.259 e. The predicted octanol–water partition coefficient (Wildman–Crippen LogP) is 2.64. The van der Waals surface area contributed by atoms with Crippen molar-refractivity contribution in [1.29, 1.82) is 5.26 Å². The quantitative estimate of drug-likeness (QED) is 0.922. The Morgan fingerprint density at radius 3 is 2.92 bits per heavy atom. The summed E-state index contributed by atoms with van der Waals surface area (Å²) in [5.41, 5.74) is 2.95. The average molecular weight is 348 g/mol. The zero-order chi connectivity index (χ0) is 18.1. The van der Waals surface area contributed by atoms with Gasteiger partial charge in [0, 0.05) is 43.9 Å². The maximum Gasteiger partial charge on any atom is 0.259 e. The molecule has 2 aliphatic rings. The maximum atomic E-state index is 12.9. The molecule has 2 aromatic rings. The molecule has 0 bridgehead atoms. The van der Waals surface area contributed by atoms with Crippen molar-refractivity contribution in [3.05, 3.63) is 53.3 Å². The number of aromatic amines is 1. The molecule has 0 saturated carbocycles. The van der Waals surface area contributed by atoms with Gasteiger partial charge >= 0.3 is 0 Å². The second kappa shape index (κ2) is 6.68. The molecule has 3 heterocycles. The average Bonchev–Trinajstić information content (AvgIpc) is 3.38. The monoisotopic (exact) mass is 348 g/mol. The van der Waals surface area contributed by atoms with Gasteiger partial charge in [-0.1, -0.05) is 18.2 Å². The first-order valence-electron chi connectivity index (χ1n) is 8.94. The Balaban J connectivity index is 1.53. The molecule has 2 aliphatic heterocycles. The van der Waals surface area contributed by atoms with E-state index in [0.717, 1.165) is 37.2 Å². The number of rotatable bonds is 4. The summed E-state index contributed by atoms with van der Waals surface area (Å²) in [7, 11) is 0. The van der Waals surface area contributed by atoms with Gasteiger partial charge in [0.2, 0.25) is 5.91 Å². The second-order valence-electron chi connectivity index (χ2n) is 6.86. The number of aromatic nitrogens is 1. The SMILES string of the molecule is N#Cc1cc(C(=O)N2CC(CCN3CCCC3=O)c3ccccc32)c[nH]1. The zero-order valence-corrected chi connectivity index (χ0v) is 14.4. The molecule has 1 unspecified atom stereocenters. The van der Waals surface area contributed by atoms with Crippen LogP contribution in [0.1, 0.15) is 46.8 Å². The Morgan fingerprint density at radius 1 is 1.35 bits per heavy atom. The van der Waals surface area contributed by atoms with Gasteiger partial charge in [-0.15, -0.1) is 0 Å². The largest absolute Gasteiger partial charge is 0.352 e. The molecule has 1 aromatic heterocycles. The number of carbonyl (C=O) groups excluding carboxylic acids is 2. The third-order valence-corrected chi connectivity index (χ3v) is 5.28. The van der Waals surface area contributed by atoms with Crippen molar-refractivity contribution >= 4 is 17.5 Å². The molecule has 1 atom stereocenters. The number of amides is 2. The van der Waals surface area contributed by atoms with Gasteiger partial charge in [-0.2, -0.15) is 5.26 Å². The molecular formula is C20H20N4O2. The van der Waals surface area contributed by atoms with E-state index in [4.69, 9.17) is 5.26 Å². The lowest BCUT2D eigenvalue weighted by Crippen LogP contribution is -2.31. The van der Waals surface area contributed by atoms with Crippen LogP contribution >= 0.6 is 0 Å². The second-order valence-corrected chi connectivity index (χ2v) is 6.86. The Hall–Kier alpha value is -3.07. The van der Waals surface area contributed by atoms with Gasteiger partial charge in [-0.3, -0.25) is 9.59 Å². The van der Waals surface area contributed by atoms with E-state index in [9.17, 15) is 9.59 Å². The molecule has 1 saturated heterocycles. The fraction of sp³-hybridized carbons (Fsp3) is 0.350. The van der Waals surface area contributed by atoms with E-state index in [0.29, 0.717) is 24.2 Å². The minimum atomic E-state index is -0.102. The van der Waals surface area contributed by atoms with Gasteiger partial charge in [0.25, 0.3) is 5.91 Å². The summed E-state index contributed by atoms with van der Waals surface area (Å²) in [5, 5.41) is 8.95. The van der Waals surface area contributed by atoms with E-state index in [1.807, 2.05) is 29.2 Å². The third-order valence-electron chi connectivity index (χ3n) is 5.28. The van der Waals surface area contributed by atoms with Crippen LogP contribution in [0.4, 0.5) is 5.69 Å². The summed E-state index contributed by atoms with van der Waals surface area (Å²) in [6, 6.07) is 11.6. The van der Waals surface area contributed by atoms with Crippen LogP contribution in [0, 0.1) is 11.3 Å². The Kier molecular flexibility index (Phi) is 4.21. The minimum Gasteiger partial charge on any atom is -0.352 e. The maximum absolute atomic E-state index is 12.9. The molecule has 1 fully saturated rings. The molecule has 1 aromatic carbocycles. The molecular weight excluding hydrogens is 328 g/mol. The van der Waals surface area contributed by atoms with Crippen molar-refractivity contribution in [3.8, 4) is 6.07 Å². The first kappa shape index (κ1) is 16.4. The number of nitrogens with zero attached hydrogens (tertiary/aromatic N) is 3. The number of nitrogens with one attached hydrogen (secondary N) is 1. The van der Waals surface area contributed by atoms with Crippen molar-refractivity contribution in [3.63, 3.8) is 0 Å². The van der Waals surface area contributed by atoms with Gasteiger partial charge in [0.05, 0.1) is 5.56 Å². The van der Waals surface area contributed by atoms with Crippen LogP contribution in [0.3, 0.4) is 0 Å². The van der Waals surface area contributed by atoms with Gasteiger partial charge in [-0.25, -0.2) is 0 Å². The van der Waals surface area contributed by atoms with Crippen LogP contribution in [0.2, 0.25) is 0 Å². The van der Waals surface area contributed by atoms with Gasteiger partial charge < -0.3 is 14.8 Å². The predicted molar refractivity (Wildman–Crippen MR) is 96.8 cm³/mol. The van der Waals surface area contributed by atoms with Crippen molar-refractivity contribution in [1.82, 2.24) is 9.88 Å². The van der Waals surface area contributed by atoms with Gasteiger partial charge in [0.15, 0.2) is 0 Å². The van der Waals surface area contributed by atoms with Crippen LogP contribution in [0.25, 0.3) is 0 Å². The highest BCUT2D eigenvalue weighted by molar-refractivity contribution is 6.07. The Bertz CT molecular complexity index is 895. The highest BCUT2D eigenvalue weighted by Crippen LogP contribution is 2.39. The van der Waals surface area contributed by atoms with Gasteiger partial charge in [-0.05, 0) is 30.5 Å². The molecule has 6 nitrogen and oxygen atoms in total. The Labute approximate surface area is 152 Å². The van der Waals surface area contributed by atoms with E-state index in [-0.39, 0.29) is 17.7 Å². The summed E-state index contributed by atoms with van der Waals surface area (Å²) < 4.78 is 0. The fourth-order valence-corrected chi connectivity index (χ4v) is 3.93. The van der Waals surface area contributed by atoms with Crippen molar-refractivity contribution in [2.24, 2.45) is 0 Å². The minimum absolute atomic E-state index is 0.102. The third kappa shape index (κ3) is 2.86. The summed E-state index contributed by atoms with van der Waals surface area (Å²) in [5.74, 6) is 0.355. The number of H-pyrrole nitrogens is 1. The number of hydrogen-bond donors (Lipinski definition) is 1. The van der Waals surface area contributed by atoms with Crippen LogP contribution in [-0.2, 0) is 4.79 Å². The standard InChI is InChI=1S/C20H20N4O2/c21-11-16-10-15(12-22-16)20(26)24-13-14(17-4-1-2-5-18(17)24)7-9-23-8-3-6-19(23)25/h1-2,4-5,10,12,14,22H,3,6-9,13H2. The number of para-hydroxylation sites is 1. The van der Waals surface area contributed by atoms with Gasteiger partial charge in [0.1, 0.15) is 11.8 Å². The number of carbonyl (C=O) groups is 2. The first-order valence-corrected chi connectivity index (χ1v) is 8.94. The number of nitriles is 1. The number of fused-ring (bicyclic) bond motifs is 1. The lowest BCUT2D eigenvalue weighted by molar-refractivity contribution is -0.127. The normalized spacial score (nSPS) is 18.9. The topological polar surface area (TPSA) is 80.2 Å². The number of hydrogen-bond acceptors (Lipinski definition) is 3. The first-order chi connectivity index (χ1) is 12.7. The van der Waals surface area contributed by atoms with Crippen LogP contribution < -0.4 is 4.90 Å². The van der Waals surface area contributed by atoms with Crippen LogP contribution in [-0.4, -0.2) is 41.3 Å². The number of benzene rings is 1. The van der Waals surface area contributed by atoms with E-state index >= 15 is 0 Å². The van der Waals surface area contributed by atoms with Crippen molar-refractivity contribution in [2.45, 2.75) is 25.2 Å². The van der Waals surface area contributed by atoms with E-state index in [2.05, 4.69) is 11.1 Å². The molecule has 0 aliphatic carbocycles. The van der Waals surface area contributed by atoms with Crippen LogP contribution in [0.5, 0.6) is 0 Å². The summed E-state index contributed by atoms with van der Waals surface area (Å²) >= 11 is 0. The molecule has 0 radical (unpaired) electrons. The van der Waals surface area contributed by atoms with E-state index in [1.54, 1.807) is 17.2 Å². The van der Waals surface area contributed by atoms with Crippen LogP contribution in [0.15, 0.2) is 36.5 Å². The summed E-state index contributed by atoms with van der Waals surface area (Å²) in [6.07, 6.45) is 4.03. The number of anilines is 1. The zero-order valence-electron chi connectivity index (χ0n) is 14.4. The summed E-state index contributed by atoms with van der Waals surface area (Å²) in [6.45, 7) is 2.19. The highest BCUT2D eigenvalue weighted by Gasteiger charge is 2.33. The van der Waals surface area contributed by atoms with E-state index in [1.165, 1.54) is 0 Å². The molecule has 2 amide bonds. The molecule has 4 rings (SSSR count). The Morgan fingerprint density at radius 2 is 2.19 bits per heavy atom. The fourth-order valence-electron chi connectivity index (χ4n) is 3.93. The van der Waals surface area contributed by atoms with Crippen molar-refractivity contribution < 1.29 is 9.59 Å². The molecule has 0 spiro atoms. The molecule has 6 heteroatoms. The molecule has 132 valence electrons. The lowest BCUT2D eigenvalue weighted by Gasteiger charge is -2.19. The highest BCUT2D eigenvalue weighted by atomic mass is 16.2. The van der Waals surface area contributed by atoms with Crippen molar-refractivity contribution in [2.75, 3.05) is 24.5 Å². The number of likely N-dealkylation sites (tertiary alicyclic amines) is 1. The van der Waals surface area contributed by atoms with E-state index < -0.39 is 0 Å². The lowest BCUT2D eigenvalue weighted by atomic mass is 9.98. The summed E-state index contributed by atoms with van der Waals surface area (Å²) in [4.78, 5) is 31.3.